The van der Waals surface area contributed by atoms with E-state index in [1.54, 1.807) is 11.3 Å². The van der Waals surface area contributed by atoms with Crippen LogP contribution in [0.25, 0.3) is 0 Å². The first kappa shape index (κ1) is 14.1. The fourth-order valence-electron chi connectivity index (χ4n) is 2.81. The van der Waals surface area contributed by atoms with Crippen LogP contribution >= 0.6 is 11.3 Å². The molecule has 0 atom stereocenters. The van der Waals surface area contributed by atoms with Gasteiger partial charge in [-0.25, -0.2) is 0 Å². The number of carbonyl (C=O) groups excluding carboxylic acids is 1. The molecule has 3 nitrogen and oxygen atoms in total. The minimum Gasteiger partial charge on any atom is -0.373 e. The highest BCUT2D eigenvalue weighted by atomic mass is 32.1. The van der Waals surface area contributed by atoms with Crippen LogP contribution in [0, 0.1) is 0 Å². The maximum Gasteiger partial charge on any atom is 0.264 e. The van der Waals surface area contributed by atoms with Crippen molar-refractivity contribution in [3.05, 3.63) is 51.7 Å². The zero-order chi connectivity index (χ0) is 14.8. The quantitative estimate of drug-likeness (QED) is 0.848. The van der Waals surface area contributed by atoms with Crippen molar-refractivity contribution in [1.82, 2.24) is 4.90 Å². The fourth-order valence-corrected chi connectivity index (χ4v) is 3.77. The van der Waals surface area contributed by atoms with Crippen molar-refractivity contribution < 1.29 is 4.79 Å². The summed E-state index contributed by atoms with van der Waals surface area (Å²) < 4.78 is 0. The number of rotatable bonds is 2. The number of likely N-dealkylation sites (N-methyl/N-ethyl adjacent to an activating group) is 1. The van der Waals surface area contributed by atoms with Gasteiger partial charge < -0.3 is 9.80 Å². The van der Waals surface area contributed by atoms with Crippen LogP contribution in [0.15, 0.2) is 35.7 Å². The zero-order valence-electron chi connectivity index (χ0n) is 12.5. The van der Waals surface area contributed by atoms with Gasteiger partial charge in [-0.3, -0.25) is 4.79 Å². The minimum absolute atomic E-state index is 0.173. The Morgan fingerprint density at radius 1 is 1.24 bits per heavy atom. The van der Waals surface area contributed by atoms with E-state index in [0.29, 0.717) is 6.54 Å². The van der Waals surface area contributed by atoms with E-state index in [1.165, 1.54) is 11.3 Å². The first-order chi connectivity index (χ1) is 10.2. The summed E-state index contributed by atoms with van der Waals surface area (Å²) in [6.07, 6.45) is 0.912. The summed E-state index contributed by atoms with van der Waals surface area (Å²) in [5.74, 6) is 0.173. The molecule has 0 fully saturated rings. The van der Waals surface area contributed by atoms with Crippen LogP contribution in [0.5, 0.6) is 0 Å². The Kier molecular flexibility index (Phi) is 3.97. The van der Waals surface area contributed by atoms with E-state index >= 15 is 0 Å². The van der Waals surface area contributed by atoms with Crippen molar-refractivity contribution in [1.29, 1.82) is 0 Å². The van der Waals surface area contributed by atoms with E-state index in [2.05, 4.69) is 43.1 Å². The predicted molar refractivity (Wildman–Crippen MR) is 88.1 cm³/mol. The van der Waals surface area contributed by atoms with Crippen LogP contribution in [-0.4, -0.2) is 30.9 Å². The van der Waals surface area contributed by atoms with Crippen molar-refractivity contribution in [2.24, 2.45) is 0 Å². The summed E-state index contributed by atoms with van der Waals surface area (Å²) in [5, 5.41) is 2.02. The van der Waals surface area contributed by atoms with Crippen molar-refractivity contribution in [3.8, 4) is 0 Å². The molecular formula is C17H20N2OS. The zero-order valence-corrected chi connectivity index (χ0v) is 13.3. The minimum atomic E-state index is 0.173. The second-order valence-corrected chi connectivity index (χ2v) is 6.32. The van der Waals surface area contributed by atoms with Crippen molar-refractivity contribution in [2.45, 2.75) is 19.9 Å². The fraction of sp³-hybridized carbons (Fsp3) is 0.353. The normalized spacial score (nSPS) is 14.8. The van der Waals surface area contributed by atoms with Gasteiger partial charge in [0.25, 0.3) is 5.91 Å². The molecule has 1 aliphatic rings. The monoisotopic (exact) mass is 300 g/mol. The SMILES string of the molecule is CCc1ccsc1C(=O)N1CCN(C)c2ccccc2C1. The first-order valence-electron chi connectivity index (χ1n) is 7.35. The Morgan fingerprint density at radius 2 is 2.05 bits per heavy atom. The topological polar surface area (TPSA) is 23.6 Å². The highest BCUT2D eigenvalue weighted by molar-refractivity contribution is 7.12. The number of nitrogens with zero attached hydrogens (tertiary/aromatic N) is 2. The van der Waals surface area contributed by atoms with Gasteiger partial charge in [0.1, 0.15) is 0 Å². The molecule has 1 aromatic carbocycles. The number of hydrogen-bond acceptors (Lipinski definition) is 3. The van der Waals surface area contributed by atoms with E-state index in [0.717, 1.165) is 30.0 Å². The average molecular weight is 300 g/mol. The number of thiophene rings is 1. The maximum atomic E-state index is 12.8. The summed E-state index contributed by atoms with van der Waals surface area (Å²) in [4.78, 5) is 17.9. The van der Waals surface area contributed by atoms with E-state index in [9.17, 15) is 4.79 Å². The maximum absolute atomic E-state index is 12.8. The van der Waals surface area contributed by atoms with Gasteiger partial charge in [0.05, 0.1) is 4.88 Å². The third-order valence-electron chi connectivity index (χ3n) is 4.08. The molecule has 0 radical (unpaired) electrons. The lowest BCUT2D eigenvalue weighted by Gasteiger charge is -2.21. The van der Waals surface area contributed by atoms with Crippen LogP contribution in [-0.2, 0) is 13.0 Å². The predicted octanol–water partition coefficient (Wildman–Crippen LogP) is 3.40. The Morgan fingerprint density at radius 3 is 2.86 bits per heavy atom. The summed E-state index contributed by atoms with van der Waals surface area (Å²) in [6.45, 7) is 4.44. The molecular weight excluding hydrogens is 280 g/mol. The van der Waals surface area contributed by atoms with Crippen LogP contribution in [0.4, 0.5) is 5.69 Å². The largest absolute Gasteiger partial charge is 0.373 e. The molecule has 4 heteroatoms. The number of para-hydroxylation sites is 1. The highest BCUT2D eigenvalue weighted by Gasteiger charge is 2.24. The molecule has 3 rings (SSSR count). The van der Waals surface area contributed by atoms with E-state index in [4.69, 9.17) is 0 Å². The van der Waals surface area contributed by atoms with Crippen LogP contribution in [0.3, 0.4) is 0 Å². The van der Waals surface area contributed by atoms with Gasteiger partial charge in [0.2, 0.25) is 0 Å². The van der Waals surface area contributed by atoms with E-state index < -0.39 is 0 Å². The molecule has 0 saturated carbocycles. The third-order valence-corrected chi connectivity index (χ3v) is 5.02. The van der Waals surface area contributed by atoms with E-state index in [1.807, 2.05) is 16.3 Å². The van der Waals surface area contributed by atoms with Gasteiger partial charge in [0, 0.05) is 32.4 Å². The van der Waals surface area contributed by atoms with E-state index in [-0.39, 0.29) is 5.91 Å². The second-order valence-electron chi connectivity index (χ2n) is 5.41. The summed E-state index contributed by atoms with van der Waals surface area (Å²) in [6, 6.07) is 10.4. The molecule has 2 aromatic rings. The number of aryl methyl sites for hydroxylation is 1. The molecule has 0 spiro atoms. The lowest BCUT2D eigenvalue weighted by Crippen LogP contribution is -2.34. The summed E-state index contributed by atoms with van der Waals surface area (Å²) >= 11 is 1.56. The lowest BCUT2D eigenvalue weighted by molar-refractivity contribution is 0.0755. The van der Waals surface area contributed by atoms with Crippen LogP contribution in [0.1, 0.15) is 27.7 Å². The van der Waals surface area contributed by atoms with Crippen LogP contribution in [0.2, 0.25) is 0 Å². The van der Waals surface area contributed by atoms with Gasteiger partial charge in [-0.2, -0.15) is 0 Å². The number of benzene rings is 1. The van der Waals surface area contributed by atoms with Gasteiger partial charge >= 0.3 is 0 Å². The Balaban J connectivity index is 1.89. The van der Waals surface area contributed by atoms with Crippen molar-refractivity contribution >= 4 is 22.9 Å². The summed E-state index contributed by atoms with van der Waals surface area (Å²) in [5.41, 5.74) is 3.62. The molecule has 0 saturated heterocycles. The molecule has 0 bridgehead atoms. The third kappa shape index (κ3) is 2.68. The lowest BCUT2D eigenvalue weighted by atomic mass is 10.1. The van der Waals surface area contributed by atoms with Gasteiger partial charge in [-0.15, -0.1) is 11.3 Å². The van der Waals surface area contributed by atoms with Gasteiger partial charge in [-0.1, -0.05) is 25.1 Å². The second kappa shape index (κ2) is 5.90. The molecule has 21 heavy (non-hydrogen) atoms. The standard InChI is InChI=1S/C17H20N2OS/c1-3-13-8-11-21-16(13)17(20)19-10-9-18(2)15-7-5-4-6-14(15)12-19/h4-8,11H,3,9-10,12H2,1-2H3. The molecule has 1 aromatic heterocycles. The highest BCUT2D eigenvalue weighted by Crippen LogP contribution is 2.26. The first-order valence-corrected chi connectivity index (χ1v) is 8.23. The summed E-state index contributed by atoms with van der Waals surface area (Å²) in [7, 11) is 2.09. The van der Waals surface area contributed by atoms with Crippen LogP contribution < -0.4 is 4.90 Å². The average Bonchev–Trinajstić information content (AvgIpc) is 2.92. The smallest absolute Gasteiger partial charge is 0.264 e. The molecule has 0 unspecified atom stereocenters. The molecule has 0 aliphatic carbocycles. The Labute approximate surface area is 129 Å². The molecule has 110 valence electrons. The number of anilines is 1. The van der Waals surface area contributed by atoms with Crippen molar-refractivity contribution in [2.75, 3.05) is 25.0 Å². The molecule has 1 amide bonds. The molecule has 1 aliphatic heterocycles. The van der Waals surface area contributed by atoms with Gasteiger partial charge in [0.15, 0.2) is 0 Å². The number of amides is 1. The van der Waals surface area contributed by atoms with Crippen molar-refractivity contribution in [3.63, 3.8) is 0 Å². The van der Waals surface area contributed by atoms with Gasteiger partial charge in [-0.05, 0) is 35.1 Å². The Hall–Kier alpha value is -1.81. The number of carbonyl (C=O) groups is 1. The number of hydrogen-bond donors (Lipinski definition) is 0. The molecule has 2 heterocycles. The molecule has 0 N–H and O–H groups in total. The Bertz CT molecular complexity index is 650. The number of fused-ring (bicyclic) bond motifs is 1.